The van der Waals surface area contributed by atoms with Gasteiger partial charge in [0.1, 0.15) is 5.76 Å². The van der Waals surface area contributed by atoms with Crippen LogP contribution in [0.1, 0.15) is 10.6 Å². The monoisotopic (exact) mass is 258 g/mol. The van der Waals surface area contributed by atoms with Gasteiger partial charge in [0.25, 0.3) is 0 Å². The molecule has 0 saturated carbocycles. The number of anilines is 1. The summed E-state index contributed by atoms with van der Waals surface area (Å²) in [5.41, 5.74) is 5.50. The summed E-state index contributed by atoms with van der Waals surface area (Å²) in [5, 5.41) is 0.598. The predicted molar refractivity (Wildman–Crippen MR) is 55.7 cm³/mol. The fourth-order valence-electron chi connectivity index (χ4n) is 1.02. The molecule has 5 heteroatoms. The molecule has 2 rings (SSSR count). The molecule has 0 amide bonds. The minimum absolute atomic E-state index is 0.598. The quantitative estimate of drug-likeness (QED) is 0.902. The fraction of sp³-hybridized carbons (Fsp3) is 0.125. The number of halogens is 1. The highest BCUT2D eigenvalue weighted by Crippen LogP contribution is 2.21. The smallest absolute Gasteiger partial charge is 0.180 e. The highest BCUT2D eigenvalue weighted by atomic mass is 79.9. The van der Waals surface area contributed by atoms with E-state index in [9.17, 15) is 0 Å². The molecule has 0 aliphatic carbocycles. The van der Waals surface area contributed by atoms with Crippen LogP contribution >= 0.6 is 27.3 Å². The van der Waals surface area contributed by atoms with E-state index in [1.807, 2.05) is 12.1 Å². The zero-order valence-corrected chi connectivity index (χ0v) is 9.06. The van der Waals surface area contributed by atoms with Crippen molar-refractivity contribution in [3.05, 3.63) is 33.6 Å². The molecule has 13 heavy (non-hydrogen) atoms. The van der Waals surface area contributed by atoms with E-state index < -0.39 is 0 Å². The SMILES string of the molecule is Nc1ncc(Cc2ccc(Br)o2)s1. The molecule has 0 aliphatic rings. The second-order valence-corrected chi connectivity index (χ2v) is 4.48. The first-order valence-electron chi connectivity index (χ1n) is 3.68. The molecule has 2 aromatic heterocycles. The van der Waals surface area contributed by atoms with Crippen molar-refractivity contribution in [1.29, 1.82) is 0 Å². The Morgan fingerprint density at radius 2 is 2.38 bits per heavy atom. The summed E-state index contributed by atoms with van der Waals surface area (Å²) in [6.07, 6.45) is 2.52. The van der Waals surface area contributed by atoms with Crippen molar-refractivity contribution in [1.82, 2.24) is 4.98 Å². The molecule has 0 spiro atoms. The Hall–Kier alpha value is -0.810. The van der Waals surface area contributed by atoms with Gasteiger partial charge in [0, 0.05) is 17.5 Å². The molecular formula is C8H7BrN2OS. The van der Waals surface area contributed by atoms with E-state index in [1.54, 1.807) is 6.20 Å². The Bertz CT molecular complexity index is 371. The van der Waals surface area contributed by atoms with Crippen molar-refractivity contribution in [2.75, 3.05) is 5.73 Å². The van der Waals surface area contributed by atoms with Crippen LogP contribution in [0.4, 0.5) is 5.13 Å². The molecule has 3 nitrogen and oxygen atoms in total. The topological polar surface area (TPSA) is 52.0 Å². The second kappa shape index (κ2) is 3.51. The molecule has 2 heterocycles. The van der Waals surface area contributed by atoms with Crippen molar-refractivity contribution in [2.45, 2.75) is 6.42 Å². The Labute approximate surface area is 87.7 Å². The standard InChI is InChI=1S/C8H7BrN2OS/c9-7-2-1-5(12-7)3-6-4-11-8(10)13-6/h1-2,4H,3H2,(H2,10,11). The third kappa shape index (κ3) is 2.10. The molecule has 0 saturated heterocycles. The summed E-state index contributed by atoms with van der Waals surface area (Å²) in [6.45, 7) is 0. The molecule has 0 fully saturated rings. The maximum atomic E-state index is 5.50. The molecule has 0 aromatic carbocycles. The third-order valence-corrected chi connectivity index (χ3v) is 2.80. The van der Waals surface area contributed by atoms with Crippen LogP contribution in [0, 0.1) is 0 Å². The maximum absolute atomic E-state index is 5.50. The highest BCUT2D eigenvalue weighted by molar-refractivity contribution is 9.10. The van der Waals surface area contributed by atoms with Crippen LogP contribution in [0.2, 0.25) is 0 Å². The predicted octanol–water partition coefficient (Wildman–Crippen LogP) is 2.67. The Kier molecular flexibility index (Phi) is 2.37. The van der Waals surface area contributed by atoms with E-state index in [-0.39, 0.29) is 0 Å². The zero-order valence-electron chi connectivity index (χ0n) is 6.66. The van der Waals surface area contributed by atoms with E-state index >= 15 is 0 Å². The summed E-state index contributed by atoms with van der Waals surface area (Å²) in [6, 6.07) is 3.81. The molecule has 0 radical (unpaired) electrons. The number of nitrogens with two attached hydrogens (primary N) is 1. The molecule has 0 unspecified atom stereocenters. The van der Waals surface area contributed by atoms with Crippen LogP contribution in [0.5, 0.6) is 0 Å². The van der Waals surface area contributed by atoms with Crippen LogP contribution < -0.4 is 5.73 Å². The number of rotatable bonds is 2. The second-order valence-electron chi connectivity index (χ2n) is 2.55. The van der Waals surface area contributed by atoms with Crippen LogP contribution in [-0.2, 0) is 6.42 Å². The first kappa shape index (κ1) is 8.77. The van der Waals surface area contributed by atoms with Crippen molar-refractivity contribution in [3.8, 4) is 0 Å². The lowest BCUT2D eigenvalue weighted by Gasteiger charge is -1.89. The third-order valence-electron chi connectivity index (χ3n) is 1.55. The average molecular weight is 259 g/mol. The number of nitrogen functional groups attached to an aromatic ring is 1. The largest absolute Gasteiger partial charge is 0.454 e. The van der Waals surface area contributed by atoms with Crippen molar-refractivity contribution in [2.24, 2.45) is 0 Å². The number of aromatic nitrogens is 1. The Balaban J connectivity index is 2.14. The van der Waals surface area contributed by atoms with E-state index in [0.717, 1.165) is 21.7 Å². The lowest BCUT2D eigenvalue weighted by Crippen LogP contribution is -1.78. The van der Waals surface area contributed by atoms with Crippen molar-refractivity contribution in [3.63, 3.8) is 0 Å². The normalized spacial score (nSPS) is 10.5. The number of nitrogens with zero attached hydrogens (tertiary/aromatic N) is 1. The minimum atomic E-state index is 0.598. The summed E-state index contributed by atoms with van der Waals surface area (Å²) in [4.78, 5) is 5.07. The molecular weight excluding hydrogens is 252 g/mol. The van der Waals surface area contributed by atoms with Gasteiger partial charge in [-0.25, -0.2) is 4.98 Å². The van der Waals surface area contributed by atoms with Gasteiger partial charge in [0.15, 0.2) is 9.80 Å². The minimum Gasteiger partial charge on any atom is -0.454 e. The van der Waals surface area contributed by atoms with Gasteiger partial charge < -0.3 is 10.2 Å². The van der Waals surface area contributed by atoms with Gasteiger partial charge in [-0.2, -0.15) is 0 Å². The van der Waals surface area contributed by atoms with Gasteiger partial charge in [-0.05, 0) is 28.1 Å². The fourth-order valence-corrected chi connectivity index (χ4v) is 2.06. The molecule has 68 valence electrons. The highest BCUT2D eigenvalue weighted by Gasteiger charge is 2.03. The van der Waals surface area contributed by atoms with Crippen LogP contribution in [0.3, 0.4) is 0 Å². The molecule has 2 aromatic rings. The summed E-state index contributed by atoms with van der Waals surface area (Å²) in [7, 11) is 0. The van der Waals surface area contributed by atoms with Gasteiger partial charge in [0.2, 0.25) is 0 Å². The average Bonchev–Trinajstić information content (AvgIpc) is 2.62. The van der Waals surface area contributed by atoms with E-state index in [1.165, 1.54) is 11.3 Å². The van der Waals surface area contributed by atoms with E-state index in [2.05, 4.69) is 20.9 Å². The number of hydrogen-bond donors (Lipinski definition) is 1. The number of hydrogen-bond acceptors (Lipinski definition) is 4. The van der Waals surface area contributed by atoms with Crippen LogP contribution in [0.25, 0.3) is 0 Å². The van der Waals surface area contributed by atoms with Crippen LogP contribution in [0.15, 0.2) is 27.4 Å². The summed E-state index contributed by atoms with van der Waals surface area (Å²) in [5.74, 6) is 0.913. The maximum Gasteiger partial charge on any atom is 0.180 e. The number of thiazole rings is 1. The van der Waals surface area contributed by atoms with Gasteiger partial charge >= 0.3 is 0 Å². The first-order chi connectivity index (χ1) is 6.24. The Morgan fingerprint density at radius 3 is 2.92 bits per heavy atom. The zero-order chi connectivity index (χ0) is 9.26. The van der Waals surface area contributed by atoms with Gasteiger partial charge in [-0.15, -0.1) is 11.3 Å². The van der Waals surface area contributed by atoms with Gasteiger partial charge in [-0.3, -0.25) is 0 Å². The molecule has 0 aliphatic heterocycles. The van der Waals surface area contributed by atoms with E-state index in [0.29, 0.717) is 5.13 Å². The summed E-state index contributed by atoms with van der Waals surface area (Å²) >= 11 is 4.73. The molecule has 2 N–H and O–H groups in total. The van der Waals surface area contributed by atoms with Crippen LogP contribution in [-0.4, -0.2) is 4.98 Å². The van der Waals surface area contributed by atoms with Gasteiger partial charge in [0.05, 0.1) is 0 Å². The molecule has 0 atom stereocenters. The lowest BCUT2D eigenvalue weighted by atomic mass is 10.3. The van der Waals surface area contributed by atoms with Crippen molar-refractivity contribution < 1.29 is 4.42 Å². The van der Waals surface area contributed by atoms with Gasteiger partial charge in [-0.1, -0.05) is 0 Å². The lowest BCUT2D eigenvalue weighted by molar-refractivity contribution is 0.499. The van der Waals surface area contributed by atoms with E-state index in [4.69, 9.17) is 10.2 Å². The number of furan rings is 1. The summed E-state index contributed by atoms with van der Waals surface area (Å²) < 4.78 is 6.10. The first-order valence-corrected chi connectivity index (χ1v) is 5.29. The Morgan fingerprint density at radius 1 is 1.54 bits per heavy atom. The van der Waals surface area contributed by atoms with Crippen molar-refractivity contribution >= 4 is 32.4 Å². The molecule has 0 bridgehead atoms.